The van der Waals surface area contributed by atoms with E-state index in [0.29, 0.717) is 39.7 Å². The van der Waals surface area contributed by atoms with Crippen molar-refractivity contribution in [2.75, 3.05) is 33.5 Å². The van der Waals surface area contributed by atoms with E-state index in [1.165, 1.54) is 11.3 Å². The number of aromatic amines is 1. The molecule has 2 N–H and O–H groups in total. The summed E-state index contributed by atoms with van der Waals surface area (Å²) in [6.07, 6.45) is 1.61. The van der Waals surface area contributed by atoms with Gasteiger partial charge in [0, 0.05) is 50.9 Å². The number of nitrogens with one attached hydrogen (secondary N) is 1. The summed E-state index contributed by atoms with van der Waals surface area (Å²) < 4.78 is 12.3. The van der Waals surface area contributed by atoms with Crippen molar-refractivity contribution in [3.8, 4) is 11.1 Å². The topological polar surface area (TPSA) is 95.0 Å². The summed E-state index contributed by atoms with van der Waals surface area (Å²) in [5.74, 6) is -0.712. The number of carboxylic acids is 1. The number of thiophene rings is 1. The number of benzene rings is 1. The predicted molar refractivity (Wildman–Crippen MR) is 128 cm³/mol. The third-order valence-corrected chi connectivity index (χ3v) is 6.72. The normalized spacial score (nSPS) is 13.2. The van der Waals surface area contributed by atoms with E-state index in [0.717, 1.165) is 22.4 Å². The summed E-state index contributed by atoms with van der Waals surface area (Å²) in [5, 5.41) is 16.4. The molecule has 31 heavy (non-hydrogen) atoms. The average molecular weight is 482 g/mol. The van der Waals surface area contributed by atoms with Crippen LogP contribution in [0.15, 0.2) is 28.7 Å². The molecule has 0 aliphatic rings. The third-order valence-electron chi connectivity index (χ3n) is 4.65. The second-order valence-corrected chi connectivity index (χ2v) is 10.1. The van der Waals surface area contributed by atoms with E-state index in [1.807, 2.05) is 37.4 Å². The zero-order valence-electron chi connectivity index (χ0n) is 17.7. The molecule has 0 amide bonds. The van der Waals surface area contributed by atoms with Crippen LogP contribution in [0.25, 0.3) is 21.3 Å². The Morgan fingerprint density at radius 2 is 2.13 bits per heavy atom. The van der Waals surface area contributed by atoms with E-state index in [9.17, 15) is 14.1 Å². The van der Waals surface area contributed by atoms with Crippen LogP contribution < -0.4 is 0 Å². The van der Waals surface area contributed by atoms with Gasteiger partial charge in [0.1, 0.15) is 12.3 Å². The summed E-state index contributed by atoms with van der Waals surface area (Å²) in [5.41, 5.74) is 4.27. The largest absolute Gasteiger partial charge is 0.477 e. The average Bonchev–Trinajstić information content (AvgIpc) is 3.25. The van der Waals surface area contributed by atoms with Crippen LogP contribution in [0.3, 0.4) is 0 Å². The minimum atomic E-state index is -1.06. The van der Waals surface area contributed by atoms with Crippen LogP contribution in [-0.4, -0.2) is 64.4 Å². The number of hydrogen-bond acceptors (Lipinski definition) is 6. The molecule has 0 bridgehead atoms. The fraction of sp³-hybridized carbons (Fsp3) is 0.333. The van der Waals surface area contributed by atoms with Crippen molar-refractivity contribution in [3.63, 3.8) is 0 Å². The molecule has 0 saturated carbocycles. The lowest BCUT2D eigenvalue weighted by atomic mass is 10.0. The second-order valence-electron chi connectivity index (χ2n) is 7.37. The molecule has 10 heteroatoms. The Bertz CT molecular complexity index is 1170. The van der Waals surface area contributed by atoms with Crippen molar-refractivity contribution in [1.29, 1.82) is 0 Å². The van der Waals surface area contributed by atoms with Crippen LogP contribution >= 0.6 is 22.9 Å². The van der Waals surface area contributed by atoms with Crippen molar-refractivity contribution in [2.24, 2.45) is 5.16 Å². The molecule has 0 radical (unpaired) electrons. The highest BCUT2D eigenvalue weighted by Gasteiger charge is 2.23. The lowest BCUT2D eigenvalue weighted by Gasteiger charge is -2.07. The summed E-state index contributed by atoms with van der Waals surface area (Å²) in [4.78, 5) is 22.4. The lowest BCUT2D eigenvalue weighted by Crippen LogP contribution is -2.17. The third kappa shape index (κ3) is 5.35. The number of fused-ring (bicyclic) bond motifs is 1. The Morgan fingerprint density at radius 3 is 2.74 bits per heavy atom. The molecule has 1 atom stereocenters. The van der Waals surface area contributed by atoms with Gasteiger partial charge < -0.3 is 19.8 Å². The monoisotopic (exact) mass is 481 g/mol. The Morgan fingerprint density at radius 1 is 1.39 bits per heavy atom. The second kappa shape index (κ2) is 9.95. The first-order valence-corrected chi connectivity index (χ1v) is 12.4. The number of aromatic carboxylic acids is 1. The van der Waals surface area contributed by atoms with Crippen LogP contribution in [0.2, 0.25) is 5.02 Å². The molecule has 2 aromatic heterocycles. The lowest BCUT2D eigenvalue weighted by molar-refractivity contribution is 0.0692. The molecule has 0 aliphatic carbocycles. The van der Waals surface area contributed by atoms with E-state index in [1.54, 1.807) is 18.4 Å². The fourth-order valence-corrected chi connectivity index (χ4v) is 5.28. The van der Waals surface area contributed by atoms with Crippen molar-refractivity contribution < 1.29 is 18.9 Å². The highest BCUT2D eigenvalue weighted by Crippen LogP contribution is 2.39. The van der Waals surface area contributed by atoms with Crippen LogP contribution in [0.4, 0.5) is 0 Å². The van der Waals surface area contributed by atoms with Gasteiger partial charge >= 0.3 is 5.97 Å². The van der Waals surface area contributed by atoms with Gasteiger partial charge in [-0.15, -0.1) is 11.3 Å². The zero-order valence-corrected chi connectivity index (χ0v) is 20.1. The van der Waals surface area contributed by atoms with Gasteiger partial charge in [0.15, 0.2) is 0 Å². The van der Waals surface area contributed by atoms with E-state index in [4.69, 9.17) is 16.4 Å². The van der Waals surface area contributed by atoms with Crippen LogP contribution in [0, 0.1) is 0 Å². The van der Waals surface area contributed by atoms with Crippen LogP contribution in [0.5, 0.6) is 0 Å². The molecule has 2 heterocycles. The van der Waals surface area contributed by atoms with Crippen LogP contribution in [0.1, 0.15) is 28.5 Å². The molecule has 0 aliphatic heterocycles. The van der Waals surface area contributed by atoms with Crippen molar-refractivity contribution in [3.05, 3.63) is 45.4 Å². The summed E-state index contributed by atoms with van der Waals surface area (Å²) >= 11 is 7.83. The predicted octanol–water partition coefficient (Wildman–Crippen LogP) is 4.43. The number of rotatable bonds is 9. The number of aromatic nitrogens is 1. The number of halogens is 1. The van der Waals surface area contributed by atoms with E-state index < -0.39 is 16.8 Å². The standard InChI is InChI=1S/C21H24ClN3O4S2/c1-12(24-29-8-7-25(2)3)15-10-30-20-17(19(21(26)27)23-18(15)20)13-5-6-14(11-31(4)28)16(22)9-13/h5-6,9-10,23H,7-8,11H2,1-4H3,(H,26,27)/b24-12+. The molecule has 1 unspecified atom stereocenters. The van der Waals surface area contributed by atoms with Crippen molar-refractivity contribution in [2.45, 2.75) is 12.7 Å². The molecule has 0 spiro atoms. The quantitative estimate of drug-likeness (QED) is 0.268. The van der Waals surface area contributed by atoms with E-state index >= 15 is 0 Å². The smallest absolute Gasteiger partial charge is 0.353 e. The summed E-state index contributed by atoms with van der Waals surface area (Å²) in [7, 11) is 2.89. The van der Waals surface area contributed by atoms with Gasteiger partial charge in [-0.25, -0.2) is 4.79 Å². The van der Waals surface area contributed by atoms with E-state index in [2.05, 4.69) is 10.1 Å². The Kier molecular flexibility index (Phi) is 7.53. The van der Waals surface area contributed by atoms with Crippen molar-refractivity contribution in [1.82, 2.24) is 9.88 Å². The molecule has 3 aromatic rings. The van der Waals surface area contributed by atoms with E-state index in [-0.39, 0.29) is 5.69 Å². The molecular weight excluding hydrogens is 458 g/mol. The SMILES string of the molecule is C/C(=N\OCCN(C)C)c1csc2c(-c3ccc(CS(C)=O)c(Cl)c3)c(C(=O)O)[nH]c12. The number of H-pyrrole nitrogens is 1. The van der Waals surface area contributed by atoms with Gasteiger partial charge in [-0.05, 0) is 38.2 Å². The van der Waals surface area contributed by atoms with Gasteiger partial charge in [0.2, 0.25) is 0 Å². The number of oxime groups is 1. The number of carbonyl (C=O) groups is 1. The zero-order chi connectivity index (χ0) is 22.7. The number of carboxylic acid groups (broad SMARTS) is 1. The fourth-order valence-electron chi connectivity index (χ4n) is 3.12. The highest BCUT2D eigenvalue weighted by molar-refractivity contribution is 7.83. The van der Waals surface area contributed by atoms with Gasteiger partial charge in [-0.1, -0.05) is 28.9 Å². The first-order chi connectivity index (χ1) is 14.7. The van der Waals surface area contributed by atoms with Gasteiger partial charge in [0.25, 0.3) is 0 Å². The first kappa shape index (κ1) is 23.5. The molecule has 3 rings (SSSR count). The number of likely N-dealkylation sites (N-methyl/N-ethyl adjacent to an activating group) is 1. The Hall–Kier alpha value is -2.20. The highest BCUT2D eigenvalue weighted by atomic mass is 35.5. The first-order valence-electron chi connectivity index (χ1n) is 9.46. The minimum absolute atomic E-state index is 0.0901. The maximum atomic E-state index is 12.0. The maximum absolute atomic E-state index is 12.0. The van der Waals surface area contributed by atoms with Crippen molar-refractivity contribution >= 4 is 55.6 Å². The summed E-state index contributed by atoms with van der Waals surface area (Å²) in [6, 6.07) is 5.33. The molecular formula is C21H24ClN3O4S2. The number of hydrogen-bond donors (Lipinski definition) is 2. The number of nitrogens with zero attached hydrogens (tertiary/aromatic N) is 2. The van der Waals surface area contributed by atoms with Crippen LogP contribution in [-0.2, 0) is 21.4 Å². The Balaban J connectivity index is 2.02. The van der Waals surface area contributed by atoms with Gasteiger partial charge in [-0.2, -0.15) is 0 Å². The minimum Gasteiger partial charge on any atom is -0.477 e. The maximum Gasteiger partial charge on any atom is 0.353 e. The molecule has 0 saturated heterocycles. The van der Waals surface area contributed by atoms with Gasteiger partial charge in [-0.3, -0.25) is 4.21 Å². The molecule has 1 aromatic carbocycles. The molecule has 166 valence electrons. The molecule has 7 nitrogen and oxygen atoms in total. The Labute approximate surface area is 192 Å². The summed E-state index contributed by atoms with van der Waals surface area (Å²) in [6.45, 7) is 3.03. The van der Waals surface area contributed by atoms with Gasteiger partial charge in [0.05, 0.1) is 15.9 Å². The molecule has 0 fully saturated rings.